The van der Waals surface area contributed by atoms with Crippen molar-refractivity contribution >= 4 is 17.8 Å². The third-order valence-corrected chi connectivity index (χ3v) is 6.05. The third kappa shape index (κ3) is 4.79. The molecular formula is C21H29N7O3. The Balaban J connectivity index is 1.36. The molecule has 3 heterocycles. The number of aromatic nitrogens is 3. The summed E-state index contributed by atoms with van der Waals surface area (Å²) < 4.78 is 1.68. The van der Waals surface area contributed by atoms with E-state index in [4.69, 9.17) is 5.73 Å². The van der Waals surface area contributed by atoms with Crippen LogP contribution >= 0.6 is 0 Å². The number of amides is 3. The molecule has 1 saturated carbocycles. The highest BCUT2D eigenvalue weighted by Gasteiger charge is 2.31. The van der Waals surface area contributed by atoms with Crippen molar-refractivity contribution in [3.05, 3.63) is 30.2 Å². The Bertz CT molecular complexity index is 960. The number of nitrogens with zero attached hydrogens (tertiary/aromatic N) is 4. The van der Waals surface area contributed by atoms with Crippen molar-refractivity contribution in [3.63, 3.8) is 0 Å². The summed E-state index contributed by atoms with van der Waals surface area (Å²) in [4.78, 5) is 31.3. The quantitative estimate of drug-likeness (QED) is 0.571. The highest BCUT2D eigenvalue weighted by molar-refractivity contribution is 5.99. The van der Waals surface area contributed by atoms with Crippen LogP contribution < -0.4 is 16.4 Å². The van der Waals surface area contributed by atoms with Crippen LogP contribution in [0.2, 0.25) is 0 Å². The standard InChI is InChI=1S/C21H29N7O3/c1-27-11-14(10-24-27)13-8-16(19(22)23-9-13)20(30)25-15-6-7-28(12-15)21(31)26-17-4-2-3-5-18(17)29/h8-11,15,17-18,29H,2-7,12H2,1H3,(H2,22,23)(H,25,30)(H,26,31)/t15-,17-,18-/m1/s1. The van der Waals surface area contributed by atoms with E-state index in [1.54, 1.807) is 28.0 Å². The first-order chi connectivity index (χ1) is 14.9. The van der Waals surface area contributed by atoms with E-state index >= 15 is 0 Å². The average Bonchev–Trinajstić information content (AvgIpc) is 3.39. The highest BCUT2D eigenvalue weighted by Crippen LogP contribution is 2.22. The lowest BCUT2D eigenvalue weighted by Crippen LogP contribution is -2.50. The first-order valence-corrected chi connectivity index (χ1v) is 10.7. The summed E-state index contributed by atoms with van der Waals surface area (Å²) in [5, 5.41) is 20.1. The summed E-state index contributed by atoms with van der Waals surface area (Å²) in [6, 6.07) is 1.15. The van der Waals surface area contributed by atoms with E-state index in [2.05, 4.69) is 20.7 Å². The number of anilines is 1. The summed E-state index contributed by atoms with van der Waals surface area (Å²) in [5.74, 6) is -0.158. The summed E-state index contributed by atoms with van der Waals surface area (Å²) in [5.41, 5.74) is 7.85. The van der Waals surface area contributed by atoms with Gasteiger partial charge in [0.15, 0.2) is 0 Å². The van der Waals surface area contributed by atoms with Crippen molar-refractivity contribution in [1.82, 2.24) is 30.3 Å². The first kappa shape index (κ1) is 21.1. The van der Waals surface area contributed by atoms with E-state index in [1.165, 1.54) is 0 Å². The van der Waals surface area contributed by atoms with Gasteiger partial charge in [-0.15, -0.1) is 0 Å². The van der Waals surface area contributed by atoms with Crippen LogP contribution in [0.4, 0.5) is 10.6 Å². The Morgan fingerprint density at radius 2 is 1.97 bits per heavy atom. The summed E-state index contributed by atoms with van der Waals surface area (Å²) in [6.45, 7) is 0.957. The van der Waals surface area contributed by atoms with Gasteiger partial charge in [0, 0.05) is 49.7 Å². The van der Waals surface area contributed by atoms with Gasteiger partial charge in [0.2, 0.25) is 0 Å². The number of nitrogens with two attached hydrogens (primary N) is 1. The van der Waals surface area contributed by atoms with Crippen LogP contribution in [0.3, 0.4) is 0 Å². The number of nitrogen functional groups attached to an aromatic ring is 1. The van der Waals surface area contributed by atoms with Crippen molar-refractivity contribution in [3.8, 4) is 11.1 Å². The number of hydrogen-bond acceptors (Lipinski definition) is 6. The molecule has 5 N–H and O–H groups in total. The molecule has 31 heavy (non-hydrogen) atoms. The number of urea groups is 1. The molecule has 0 radical (unpaired) electrons. The number of hydrogen-bond donors (Lipinski definition) is 4. The van der Waals surface area contributed by atoms with Gasteiger partial charge in [0.1, 0.15) is 5.82 Å². The maximum atomic E-state index is 12.8. The van der Waals surface area contributed by atoms with E-state index < -0.39 is 6.10 Å². The molecule has 2 aromatic heterocycles. The van der Waals surface area contributed by atoms with E-state index in [0.29, 0.717) is 25.1 Å². The van der Waals surface area contributed by atoms with E-state index in [-0.39, 0.29) is 29.8 Å². The van der Waals surface area contributed by atoms with E-state index in [1.807, 2.05) is 13.2 Å². The van der Waals surface area contributed by atoms with Crippen LogP contribution in [-0.2, 0) is 7.05 Å². The van der Waals surface area contributed by atoms with Gasteiger partial charge in [0.05, 0.1) is 23.9 Å². The second-order valence-electron chi connectivity index (χ2n) is 8.37. The van der Waals surface area contributed by atoms with Crippen LogP contribution in [0.15, 0.2) is 24.7 Å². The predicted molar refractivity (Wildman–Crippen MR) is 115 cm³/mol. The monoisotopic (exact) mass is 427 g/mol. The van der Waals surface area contributed by atoms with Gasteiger partial charge in [-0.3, -0.25) is 9.48 Å². The molecule has 0 spiro atoms. The number of carbonyl (C=O) groups is 2. The van der Waals surface area contributed by atoms with Gasteiger partial charge in [-0.25, -0.2) is 9.78 Å². The molecule has 10 heteroatoms. The number of likely N-dealkylation sites (tertiary alicyclic amines) is 1. The number of nitrogens with one attached hydrogen (secondary N) is 2. The van der Waals surface area contributed by atoms with Crippen molar-refractivity contribution in [2.75, 3.05) is 18.8 Å². The SMILES string of the molecule is Cn1cc(-c2cnc(N)c(C(=O)N[C@@H]3CCN(C(=O)N[C@@H]4CCCC[C@H]4O)C3)c2)cn1. The zero-order chi connectivity index (χ0) is 22.0. The van der Waals surface area contributed by atoms with Crippen LogP contribution in [-0.4, -0.2) is 68.0 Å². The zero-order valence-corrected chi connectivity index (χ0v) is 17.6. The number of aliphatic hydroxyl groups excluding tert-OH is 1. The molecule has 0 unspecified atom stereocenters. The third-order valence-electron chi connectivity index (χ3n) is 6.05. The van der Waals surface area contributed by atoms with Gasteiger partial charge in [-0.2, -0.15) is 5.10 Å². The molecule has 166 valence electrons. The molecule has 1 aliphatic carbocycles. The number of carbonyl (C=O) groups excluding carboxylic acids is 2. The van der Waals surface area contributed by atoms with Crippen molar-refractivity contribution in [1.29, 1.82) is 0 Å². The Kier molecular flexibility index (Phi) is 6.08. The van der Waals surface area contributed by atoms with Crippen molar-refractivity contribution in [2.24, 2.45) is 7.05 Å². The normalized spacial score (nSPS) is 23.5. The number of pyridine rings is 1. The van der Waals surface area contributed by atoms with Gasteiger partial charge in [0.25, 0.3) is 5.91 Å². The molecule has 1 aliphatic heterocycles. The van der Waals surface area contributed by atoms with Crippen molar-refractivity contribution in [2.45, 2.75) is 50.3 Å². The van der Waals surface area contributed by atoms with E-state index in [9.17, 15) is 14.7 Å². The molecule has 10 nitrogen and oxygen atoms in total. The van der Waals surface area contributed by atoms with Gasteiger partial charge in [-0.1, -0.05) is 12.8 Å². The molecule has 2 aromatic rings. The summed E-state index contributed by atoms with van der Waals surface area (Å²) in [6.07, 6.45) is 8.83. The summed E-state index contributed by atoms with van der Waals surface area (Å²) >= 11 is 0. The number of rotatable bonds is 4. The average molecular weight is 428 g/mol. The first-order valence-electron chi connectivity index (χ1n) is 10.7. The maximum Gasteiger partial charge on any atom is 0.317 e. The van der Waals surface area contributed by atoms with Gasteiger partial charge >= 0.3 is 6.03 Å². The Hall–Kier alpha value is -3.14. The fourth-order valence-corrected chi connectivity index (χ4v) is 4.24. The second kappa shape index (κ2) is 8.93. The lowest BCUT2D eigenvalue weighted by Gasteiger charge is -2.30. The molecule has 2 fully saturated rings. The van der Waals surface area contributed by atoms with Crippen LogP contribution in [0, 0.1) is 0 Å². The predicted octanol–water partition coefficient (Wildman–Crippen LogP) is 0.882. The molecule has 2 aliphatic rings. The fourth-order valence-electron chi connectivity index (χ4n) is 4.24. The van der Waals surface area contributed by atoms with E-state index in [0.717, 1.165) is 36.8 Å². The fraction of sp³-hybridized carbons (Fsp3) is 0.524. The Labute approximate surface area is 180 Å². The lowest BCUT2D eigenvalue weighted by atomic mass is 9.93. The molecule has 0 bridgehead atoms. The van der Waals surface area contributed by atoms with Crippen LogP contribution in [0.1, 0.15) is 42.5 Å². The number of aryl methyl sites for hydroxylation is 1. The molecule has 1 saturated heterocycles. The minimum Gasteiger partial charge on any atom is -0.391 e. The van der Waals surface area contributed by atoms with Crippen molar-refractivity contribution < 1.29 is 14.7 Å². The largest absolute Gasteiger partial charge is 0.391 e. The van der Waals surface area contributed by atoms with Crippen LogP contribution in [0.25, 0.3) is 11.1 Å². The second-order valence-corrected chi connectivity index (χ2v) is 8.37. The zero-order valence-electron chi connectivity index (χ0n) is 17.6. The minimum atomic E-state index is -0.488. The molecule has 3 atom stereocenters. The molecule has 4 rings (SSSR count). The highest BCUT2D eigenvalue weighted by atomic mass is 16.3. The molecular weight excluding hydrogens is 398 g/mol. The summed E-state index contributed by atoms with van der Waals surface area (Å²) in [7, 11) is 1.82. The topological polar surface area (TPSA) is 138 Å². The Morgan fingerprint density at radius 1 is 1.16 bits per heavy atom. The molecule has 0 aromatic carbocycles. The van der Waals surface area contributed by atoms with Gasteiger partial charge < -0.3 is 26.4 Å². The van der Waals surface area contributed by atoms with Crippen LogP contribution in [0.5, 0.6) is 0 Å². The molecule has 3 amide bonds. The Morgan fingerprint density at radius 3 is 2.71 bits per heavy atom. The minimum absolute atomic E-state index is 0.157. The maximum absolute atomic E-state index is 12.8. The number of aliphatic hydroxyl groups is 1. The smallest absolute Gasteiger partial charge is 0.317 e. The van der Waals surface area contributed by atoms with Gasteiger partial charge in [-0.05, 0) is 25.3 Å². The lowest BCUT2D eigenvalue weighted by molar-refractivity contribution is 0.0904.